The maximum absolute atomic E-state index is 5.17. The molecule has 1 saturated heterocycles. The fraction of sp³-hybridized carbons (Fsp3) is 0.700. The van der Waals surface area contributed by atoms with Crippen molar-refractivity contribution >= 4 is 11.3 Å². The Morgan fingerprint density at radius 1 is 1.27 bits per heavy atom. The van der Waals surface area contributed by atoms with Crippen LogP contribution in [0.25, 0.3) is 0 Å². The highest BCUT2D eigenvalue weighted by Gasteiger charge is 2.45. The number of fused-ring (bicyclic) bond motifs is 2. The summed E-state index contributed by atoms with van der Waals surface area (Å²) < 4.78 is 2.56. The lowest BCUT2D eigenvalue weighted by atomic mass is 9.72. The smallest absolute Gasteiger partial charge is 0.107 e. The average molecular weight is 372 g/mol. The first kappa shape index (κ1) is 16.9. The van der Waals surface area contributed by atoms with E-state index in [9.17, 15) is 0 Å². The van der Waals surface area contributed by atoms with Gasteiger partial charge in [0.1, 0.15) is 10.8 Å². The third-order valence-corrected chi connectivity index (χ3v) is 7.35. The molecule has 1 spiro atoms. The van der Waals surface area contributed by atoms with Gasteiger partial charge in [0.15, 0.2) is 0 Å². The molecule has 0 radical (unpaired) electrons. The van der Waals surface area contributed by atoms with Crippen LogP contribution in [0.15, 0.2) is 11.6 Å². The first-order valence-electron chi connectivity index (χ1n) is 9.99. The Hall–Kier alpha value is -1.24. The molecule has 140 valence electrons. The second kappa shape index (κ2) is 6.43. The molecule has 0 unspecified atom stereocenters. The maximum Gasteiger partial charge on any atom is 0.107 e. The molecule has 0 N–H and O–H groups in total. The van der Waals surface area contributed by atoms with Gasteiger partial charge in [0, 0.05) is 36.6 Å². The fourth-order valence-electron chi connectivity index (χ4n) is 4.84. The van der Waals surface area contributed by atoms with Crippen molar-refractivity contribution in [3.63, 3.8) is 0 Å². The van der Waals surface area contributed by atoms with Gasteiger partial charge in [-0.3, -0.25) is 4.90 Å². The predicted octanol–water partition coefficient (Wildman–Crippen LogP) is 3.04. The van der Waals surface area contributed by atoms with Crippen molar-refractivity contribution < 1.29 is 0 Å². The van der Waals surface area contributed by atoms with E-state index < -0.39 is 0 Å². The van der Waals surface area contributed by atoms with E-state index >= 15 is 0 Å². The molecule has 3 aliphatic rings. The van der Waals surface area contributed by atoms with E-state index in [1.165, 1.54) is 67.5 Å². The molecule has 0 atom stereocenters. The summed E-state index contributed by atoms with van der Waals surface area (Å²) in [5.74, 6) is 2.12. The molecular weight excluding hydrogens is 342 g/mol. The lowest BCUT2D eigenvalue weighted by molar-refractivity contribution is 0.0998. The Kier molecular flexibility index (Phi) is 4.18. The molecule has 1 aliphatic carbocycles. The zero-order chi connectivity index (χ0) is 17.7. The topological polar surface area (TPSA) is 37.2 Å². The fourth-order valence-corrected chi connectivity index (χ4v) is 5.50. The van der Waals surface area contributed by atoms with E-state index in [2.05, 4.69) is 38.7 Å². The molecule has 5 nitrogen and oxygen atoms in total. The lowest BCUT2D eigenvalue weighted by Crippen LogP contribution is -2.51. The zero-order valence-corrected chi connectivity index (χ0v) is 16.8. The molecule has 0 bridgehead atoms. The first-order valence-corrected chi connectivity index (χ1v) is 10.9. The molecule has 2 aliphatic heterocycles. The predicted molar refractivity (Wildman–Crippen MR) is 104 cm³/mol. The number of nitrogens with zero attached hydrogens (tertiary/aromatic N) is 5. The van der Waals surface area contributed by atoms with Gasteiger partial charge in [-0.05, 0) is 58.7 Å². The summed E-state index contributed by atoms with van der Waals surface area (Å²) in [5, 5.41) is 3.33. The molecule has 0 aromatic carbocycles. The lowest BCUT2D eigenvalue weighted by Gasteiger charge is -2.46. The molecule has 2 fully saturated rings. The van der Waals surface area contributed by atoms with Gasteiger partial charge in [0.05, 0.1) is 17.9 Å². The van der Waals surface area contributed by atoms with Crippen LogP contribution in [-0.4, -0.2) is 51.0 Å². The monoisotopic (exact) mass is 371 g/mol. The van der Waals surface area contributed by atoms with Crippen LogP contribution < -0.4 is 0 Å². The number of aryl methyl sites for hydroxylation is 1. The minimum atomic E-state index is 0.233. The Labute approximate surface area is 160 Å². The number of hydrogen-bond acceptors (Lipinski definition) is 5. The third-order valence-electron chi connectivity index (χ3n) is 6.59. The molecule has 2 aromatic rings. The number of likely N-dealkylation sites (tertiary alicyclic amines) is 1. The second-order valence-electron chi connectivity index (χ2n) is 8.66. The Balaban J connectivity index is 1.51. The molecule has 6 heteroatoms. The SMILES string of the molecule is Cc1nc2c(n1CC1CC1)CN(Cc1nccs1)CC21CCN(C)CC1. The molecular formula is C20H29N5S. The Morgan fingerprint density at radius 3 is 2.77 bits per heavy atom. The standard InChI is InChI=1S/C20H29N5S/c1-15-22-19-17(25(15)11-16-3-4-16)12-24(13-18-21-7-10-26-18)14-20(19)5-8-23(2)9-6-20/h7,10,16H,3-6,8-9,11-14H2,1-2H3. The van der Waals surface area contributed by atoms with Crippen LogP contribution in [0.5, 0.6) is 0 Å². The van der Waals surface area contributed by atoms with Crippen LogP contribution in [-0.2, 0) is 25.0 Å². The number of thiazole rings is 1. The Morgan fingerprint density at radius 2 is 2.08 bits per heavy atom. The highest BCUT2D eigenvalue weighted by atomic mass is 32.1. The largest absolute Gasteiger partial charge is 0.331 e. The van der Waals surface area contributed by atoms with Crippen LogP contribution in [0.2, 0.25) is 0 Å². The van der Waals surface area contributed by atoms with Gasteiger partial charge in [-0.1, -0.05) is 0 Å². The summed E-state index contributed by atoms with van der Waals surface area (Å²) in [6.07, 6.45) is 7.17. The van der Waals surface area contributed by atoms with Crippen LogP contribution in [0, 0.1) is 12.8 Å². The summed E-state index contributed by atoms with van der Waals surface area (Å²) in [5.41, 5.74) is 3.16. The Bertz CT molecular complexity index is 768. The van der Waals surface area contributed by atoms with Crippen molar-refractivity contribution in [2.75, 3.05) is 26.7 Å². The van der Waals surface area contributed by atoms with Gasteiger partial charge in [-0.15, -0.1) is 11.3 Å². The van der Waals surface area contributed by atoms with Gasteiger partial charge in [0.25, 0.3) is 0 Å². The number of piperidine rings is 1. The van der Waals surface area contributed by atoms with Crippen molar-refractivity contribution in [2.45, 2.75) is 57.7 Å². The molecule has 2 aromatic heterocycles. The number of rotatable bonds is 4. The quantitative estimate of drug-likeness (QED) is 0.828. The molecule has 26 heavy (non-hydrogen) atoms. The van der Waals surface area contributed by atoms with Crippen molar-refractivity contribution in [3.8, 4) is 0 Å². The van der Waals surface area contributed by atoms with Crippen LogP contribution in [0.1, 0.15) is 47.9 Å². The van der Waals surface area contributed by atoms with Crippen LogP contribution in [0.4, 0.5) is 0 Å². The van der Waals surface area contributed by atoms with E-state index in [-0.39, 0.29) is 5.41 Å². The molecule has 5 rings (SSSR count). The highest BCUT2D eigenvalue weighted by Crippen LogP contribution is 2.43. The summed E-state index contributed by atoms with van der Waals surface area (Å²) >= 11 is 1.78. The maximum atomic E-state index is 5.17. The van der Waals surface area contributed by atoms with Crippen molar-refractivity contribution in [1.82, 2.24) is 24.3 Å². The zero-order valence-electron chi connectivity index (χ0n) is 15.9. The minimum absolute atomic E-state index is 0.233. The third kappa shape index (κ3) is 3.02. The van der Waals surface area contributed by atoms with Crippen LogP contribution in [0.3, 0.4) is 0 Å². The number of hydrogen-bond donors (Lipinski definition) is 0. The van der Waals surface area contributed by atoms with E-state index in [1.54, 1.807) is 11.3 Å². The van der Waals surface area contributed by atoms with Crippen molar-refractivity contribution in [2.24, 2.45) is 5.92 Å². The van der Waals surface area contributed by atoms with E-state index in [0.29, 0.717) is 0 Å². The van der Waals surface area contributed by atoms with Gasteiger partial charge >= 0.3 is 0 Å². The highest BCUT2D eigenvalue weighted by molar-refractivity contribution is 7.09. The normalized spacial score (nSPS) is 23.5. The van der Waals surface area contributed by atoms with Gasteiger partial charge in [0.2, 0.25) is 0 Å². The van der Waals surface area contributed by atoms with Crippen LogP contribution >= 0.6 is 11.3 Å². The van der Waals surface area contributed by atoms with E-state index in [0.717, 1.165) is 25.6 Å². The number of aromatic nitrogens is 3. The molecule has 0 amide bonds. The first-order chi connectivity index (χ1) is 12.6. The average Bonchev–Trinajstić information content (AvgIpc) is 3.20. The molecule has 1 saturated carbocycles. The molecule has 4 heterocycles. The van der Waals surface area contributed by atoms with Crippen molar-refractivity contribution in [1.29, 1.82) is 0 Å². The van der Waals surface area contributed by atoms with E-state index in [4.69, 9.17) is 4.98 Å². The van der Waals surface area contributed by atoms with Gasteiger partial charge < -0.3 is 9.47 Å². The summed E-state index contributed by atoms with van der Waals surface area (Å²) in [4.78, 5) is 14.8. The van der Waals surface area contributed by atoms with E-state index in [1.807, 2.05) is 6.20 Å². The van der Waals surface area contributed by atoms with Gasteiger partial charge in [-0.2, -0.15) is 0 Å². The summed E-state index contributed by atoms with van der Waals surface area (Å²) in [6.45, 7) is 8.89. The summed E-state index contributed by atoms with van der Waals surface area (Å²) in [6, 6.07) is 0. The number of imidazole rings is 1. The second-order valence-corrected chi connectivity index (χ2v) is 9.64. The minimum Gasteiger partial charge on any atom is -0.331 e. The van der Waals surface area contributed by atoms with Crippen molar-refractivity contribution in [3.05, 3.63) is 33.8 Å². The summed E-state index contributed by atoms with van der Waals surface area (Å²) in [7, 11) is 2.25. The van der Waals surface area contributed by atoms with Gasteiger partial charge in [-0.25, -0.2) is 9.97 Å².